The van der Waals surface area contributed by atoms with Crippen LogP contribution < -0.4 is 10.1 Å². The third kappa shape index (κ3) is 9.29. The van der Waals surface area contributed by atoms with Crippen LogP contribution in [0.25, 0.3) is 0 Å². The molecule has 1 unspecified atom stereocenters. The third-order valence-electron chi connectivity index (χ3n) is 7.60. The third-order valence-corrected chi connectivity index (χ3v) is 7.60. The van der Waals surface area contributed by atoms with E-state index >= 15 is 0 Å². The average molecular weight is 530 g/mol. The summed E-state index contributed by atoms with van der Waals surface area (Å²) in [6.45, 7) is 4.55. The fourth-order valence-electron chi connectivity index (χ4n) is 4.97. The van der Waals surface area contributed by atoms with Crippen LogP contribution in [0.3, 0.4) is 0 Å². The lowest BCUT2D eigenvalue weighted by Crippen LogP contribution is -2.44. The maximum Gasteiger partial charge on any atom is 0.317 e. The number of ether oxygens (including phenoxy) is 1. The predicted octanol–water partition coefficient (Wildman–Crippen LogP) is 8.16. The van der Waals surface area contributed by atoms with E-state index in [-0.39, 0.29) is 30.9 Å². The van der Waals surface area contributed by atoms with Crippen molar-refractivity contribution in [2.24, 2.45) is 11.3 Å². The van der Waals surface area contributed by atoms with Gasteiger partial charge in [0, 0.05) is 18.5 Å². The summed E-state index contributed by atoms with van der Waals surface area (Å²) in [5, 5.41) is 2.95. The quantitative estimate of drug-likeness (QED) is 0.0686. The first kappa shape index (κ1) is 31.1. The van der Waals surface area contributed by atoms with Gasteiger partial charge in [0.25, 0.3) is 0 Å². The number of hydrogen-bond acceptors (Lipinski definition) is 3. The standard InChI is InChI=1S/C29H43F4NO3/c1-3-5-7-9-10-12-15-21(14-11-8-6-4-2)27(35)34-19-18-29(16-13-17-29)28(36)37-26-24(32)22(30)20-23(31)25(26)33/h20-21H,3-19H2,1-2H3,(H,34,35). The molecular weight excluding hydrogens is 486 g/mol. The summed E-state index contributed by atoms with van der Waals surface area (Å²) < 4.78 is 59.8. The summed E-state index contributed by atoms with van der Waals surface area (Å²) in [5.74, 6) is -9.14. The monoisotopic (exact) mass is 529 g/mol. The predicted molar refractivity (Wildman–Crippen MR) is 136 cm³/mol. The van der Waals surface area contributed by atoms with Crippen molar-refractivity contribution >= 4 is 11.9 Å². The molecule has 4 nitrogen and oxygen atoms in total. The Morgan fingerprint density at radius 2 is 1.38 bits per heavy atom. The van der Waals surface area contributed by atoms with E-state index in [4.69, 9.17) is 4.74 Å². The molecule has 8 heteroatoms. The largest absolute Gasteiger partial charge is 0.420 e. The number of carbonyl (C=O) groups is 2. The molecule has 2 rings (SSSR count). The number of carbonyl (C=O) groups excluding carboxylic acids is 2. The van der Waals surface area contributed by atoms with E-state index in [1.165, 1.54) is 25.7 Å². The van der Waals surface area contributed by atoms with E-state index in [1.807, 2.05) is 0 Å². The summed E-state index contributed by atoms with van der Waals surface area (Å²) in [6, 6.07) is 0.0700. The van der Waals surface area contributed by atoms with E-state index < -0.39 is 40.4 Å². The van der Waals surface area contributed by atoms with Gasteiger partial charge in [0.15, 0.2) is 11.6 Å². The summed E-state index contributed by atoms with van der Waals surface area (Å²) in [6.07, 6.45) is 14.8. The molecule has 0 saturated heterocycles. The molecule has 1 aliphatic carbocycles. The first-order valence-corrected chi connectivity index (χ1v) is 14.1. The fourth-order valence-corrected chi connectivity index (χ4v) is 4.97. The number of halogens is 4. The Hall–Kier alpha value is -2.12. The van der Waals surface area contributed by atoms with Crippen molar-refractivity contribution in [3.63, 3.8) is 0 Å². The number of esters is 1. The molecule has 0 spiro atoms. The van der Waals surface area contributed by atoms with Crippen molar-refractivity contribution in [1.82, 2.24) is 5.32 Å². The maximum atomic E-state index is 14.0. The highest BCUT2D eigenvalue weighted by molar-refractivity contribution is 5.81. The second kappa shape index (κ2) is 16.0. The molecule has 1 aliphatic rings. The molecule has 37 heavy (non-hydrogen) atoms. The Morgan fingerprint density at radius 1 is 0.865 bits per heavy atom. The number of amides is 1. The van der Waals surface area contributed by atoms with Crippen LogP contribution in [0, 0.1) is 34.6 Å². The maximum absolute atomic E-state index is 14.0. The van der Waals surface area contributed by atoms with Crippen molar-refractivity contribution in [3.8, 4) is 5.75 Å². The van der Waals surface area contributed by atoms with Gasteiger partial charge >= 0.3 is 5.97 Å². The van der Waals surface area contributed by atoms with Crippen LogP contribution in [0.5, 0.6) is 5.75 Å². The van der Waals surface area contributed by atoms with Crippen LogP contribution in [0.2, 0.25) is 0 Å². The molecule has 1 fully saturated rings. The number of rotatable bonds is 18. The van der Waals surface area contributed by atoms with E-state index in [1.54, 1.807) is 0 Å². The van der Waals surface area contributed by atoms with Gasteiger partial charge in [-0.3, -0.25) is 9.59 Å². The SMILES string of the molecule is CCCCCCCCC(CCCCCC)C(=O)NCCC1(C(=O)Oc2c(F)c(F)cc(F)c2F)CCC1. The zero-order valence-corrected chi connectivity index (χ0v) is 22.4. The topological polar surface area (TPSA) is 55.4 Å². The molecule has 1 aromatic rings. The van der Waals surface area contributed by atoms with Crippen molar-refractivity contribution in [3.05, 3.63) is 29.3 Å². The molecule has 1 N–H and O–H groups in total. The van der Waals surface area contributed by atoms with E-state index in [0.717, 1.165) is 51.4 Å². The molecule has 1 aromatic carbocycles. The molecule has 1 saturated carbocycles. The second-order valence-electron chi connectivity index (χ2n) is 10.5. The van der Waals surface area contributed by atoms with Crippen molar-refractivity contribution in [1.29, 1.82) is 0 Å². The molecule has 0 heterocycles. The zero-order valence-electron chi connectivity index (χ0n) is 22.4. The number of unbranched alkanes of at least 4 members (excludes halogenated alkanes) is 8. The molecule has 0 aromatic heterocycles. The summed E-state index contributed by atoms with van der Waals surface area (Å²) in [5.41, 5.74) is -1.04. The molecule has 0 radical (unpaired) electrons. The van der Waals surface area contributed by atoms with Gasteiger partial charge < -0.3 is 10.1 Å². The Kier molecular flexibility index (Phi) is 13.4. The molecule has 1 atom stereocenters. The first-order chi connectivity index (χ1) is 17.8. The van der Waals surface area contributed by atoms with Crippen LogP contribution in [-0.4, -0.2) is 18.4 Å². The lowest BCUT2D eigenvalue weighted by atomic mass is 9.66. The van der Waals surface area contributed by atoms with Gasteiger partial charge in [-0.2, -0.15) is 8.78 Å². The van der Waals surface area contributed by atoms with Gasteiger partial charge in [-0.05, 0) is 32.1 Å². The highest BCUT2D eigenvalue weighted by Gasteiger charge is 2.46. The van der Waals surface area contributed by atoms with Gasteiger partial charge in [-0.15, -0.1) is 0 Å². The number of hydrogen-bond donors (Lipinski definition) is 1. The van der Waals surface area contributed by atoms with Gasteiger partial charge in [-0.1, -0.05) is 84.5 Å². The smallest absolute Gasteiger partial charge is 0.317 e. The average Bonchev–Trinajstić information content (AvgIpc) is 2.85. The lowest BCUT2D eigenvalue weighted by Gasteiger charge is -2.39. The summed E-state index contributed by atoms with van der Waals surface area (Å²) in [7, 11) is 0. The minimum atomic E-state index is -1.74. The van der Waals surface area contributed by atoms with Gasteiger partial charge in [0.05, 0.1) is 5.41 Å². The van der Waals surface area contributed by atoms with Crippen LogP contribution in [0.1, 0.15) is 117 Å². The van der Waals surface area contributed by atoms with Crippen LogP contribution >= 0.6 is 0 Å². The van der Waals surface area contributed by atoms with Gasteiger partial charge in [0.1, 0.15) is 0 Å². The van der Waals surface area contributed by atoms with Crippen LogP contribution in [0.4, 0.5) is 17.6 Å². The minimum Gasteiger partial charge on any atom is -0.420 e. The van der Waals surface area contributed by atoms with Crippen molar-refractivity contribution < 1.29 is 31.9 Å². The Balaban J connectivity index is 1.91. The molecule has 1 amide bonds. The van der Waals surface area contributed by atoms with Crippen molar-refractivity contribution in [2.45, 2.75) is 117 Å². The second-order valence-corrected chi connectivity index (χ2v) is 10.5. The van der Waals surface area contributed by atoms with E-state index in [9.17, 15) is 27.2 Å². The van der Waals surface area contributed by atoms with Crippen LogP contribution in [-0.2, 0) is 9.59 Å². The Bertz CT molecular complexity index is 847. The van der Waals surface area contributed by atoms with Crippen LogP contribution in [0.15, 0.2) is 6.07 Å². The van der Waals surface area contributed by atoms with E-state index in [0.29, 0.717) is 19.3 Å². The highest BCUT2D eigenvalue weighted by Crippen LogP contribution is 2.45. The molecule has 210 valence electrons. The van der Waals surface area contributed by atoms with Crippen molar-refractivity contribution in [2.75, 3.05) is 6.54 Å². The molecule has 0 bridgehead atoms. The first-order valence-electron chi connectivity index (χ1n) is 14.1. The number of benzene rings is 1. The highest BCUT2D eigenvalue weighted by atomic mass is 19.2. The number of nitrogens with one attached hydrogen (secondary N) is 1. The Labute approximate surface area is 218 Å². The summed E-state index contributed by atoms with van der Waals surface area (Å²) in [4.78, 5) is 25.8. The van der Waals surface area contributed by atoms with E-state index in [2.05, 4.69) is 19.2 Å². The normalized spacial score (nSPS) is 15.2. The summed E-state index contributed by atoms with van der Waals surface area (Å²) >= 11 is 0. The lowest BCUT2D eigenvalue weighted by molar-refractivity contribution is -0.152. The Morgan fingerprint density at radius 3 is 1.89 bits per heavy atom. The molecular formula is C29H43F4NO3. The fraction of sp³-hybridized carbons (Fsp3) is 0.724. The zero-order chi connectivity index (χ0) is 27.3. The minimum absolute atomic E-state index is 0.0304. The van der Waals surface area contributed by atoms with Gasteiger partial charge in [-0.25, -0.2) is 8.78 Å². The molecule has 0 aliphatic heterocycles. The van der Waals surface area contributed by atoms with Gasteiger partial charge in [0.2, 0.25) is 23.3 Å².